The number of aromatic nitrogens is 2. The van der Waals surface area contributed by atoms with Crippen molar-refractivity contribution in [1.29, 1.82) is 0 Å². The molecule has 2 rings (SSSR count). The molecule has 0 aliphatic rings. The number of carbonyl (C=O) groups is 2. The van der Waals surface area contributed by atoms with E-state index in [0.29, 0.717) is 47.5 Å². The predicted octanol–water partition coefficient (Wildman–Crippen LogP) is 2.73. The number of halogens is 1. The number of ether oxygens (including phenoxy) is 2. The van der Waals surface area contributed by atoms with E-state index in [1.54, 1.807) is 32.2 Å². The molecule has 2 aromatic rings. The topological polar surface area (TPSA) is 102 Å². The Morgan fingerprint density at radius 1 is 1.19 bits per heavy atom. The summed E-state index contributed by atoms with van der Waals surface area (Å²) in [5.74, 6) is 0.00881. The van der Waals surface area contributed by atoms with Gasteiger partial charge in [0.05, 0.1) is 23.4 Å². The third-order valence-electron chi connectivity index (χ3n) is 3.53. The first-order valence-corrected chi connectivity index (χ1v) is 8.60. The van der Waals surface area contributed by atoms with Crippen molar-refractivity contribution in [1.82, 2.24) is 15.3 Å². The van der Waals surface area contributed by atoms with Crippen molar-refractivity contribution in [2.45, 2.75) is 13.3 Å². The van der Waals surface area contributed by atoms with Crippen LogP contribution in [0.2, 0.25) is 5.02 Å². The SMILES string of the molecule is COCCCNC(=O)c1cc(Nc2cc(C(=O)OC)ccc2Cl)nc(C)n1. The lowest BCUT2D eigenvalue weighted by Gasteiger charge is -2.11. The van der Waals surface area contributed by atoms with Crippen LogP contribution in [0.25, 0.3) is 0 Å². The Hall–Kier alpha value is -2.71. The van der Waals surface area contributed by atoms with Gasteiger partial charge < -0.3 is 20.1 Å². The van der Waals surface area contributed by atoms with Crippen LogP contribution in [0.4, 0.5) is 11.5 Å². The zero-order valence-electron chi connectivity index (χ0n) is 15.3. The molecule has 1 aromatic heterocycles. The third kappa shape index (κ3) is 5.90. The van der Waals surface area contributed by atoms with E-state index in [2.05, 4.69) is 20.6 Å². The van der Waals surface area contributed by atoms with Gasteiger partial charge in [-0.2, -0.15) is 0 Å². The lowest BCUT2D eigenvalue weighted by molar-refractivity contribution is 0.0600. The second-order valence-electron chi connectivity index (χ2n) is 5.60. The highest BCUT2D eigenvalue weighted by atomic mass is 35.5. The van der Waals surface area contributed by atoms with E-state index in [1.165, 1.54) is 13.2 Å². The quantitative estimate of drug-likeness (QED) is 0.526. The summed E-state index contributed by atoms with van der Waals surface area (Å²) in [4.78, 5) is 32.4. The number of hydrogen-bond donors (Lipinski definition) is 2. The molecule has 144 valence electrons. The van der Waals surface area contributed by atoms with E-state index in [9.17, 15) is 9.59 Å². The minimum absolute atomic E-state index is 0.225. The summed E-state index contributed by atoms with van der Waals surface area (Å²) in [6.07, 6.45) is 0.702. The Kier molecular flexibility index (Phi) is 7.51. The van der Waals surface area contributed by atoms with Gasteiger partial charge in [-0.1, -0.05) is 11.6 Å². The smallest absolute Gasteiger partial charge is 0.337 e. The molecule has 0 fully saturated rings. The summed E-state index contributed by atoms with van der Waals surface area (Å²) in [6, 6.07) is 6.20. The van der Waals surface area contributed by atoms with Gasteiger partial charge in [0.2, 0.25) is 0 Å². The Morgan fingerprint density at radius 3 is 2.67 bits per heavy atom. The van der Waals surface area contributed by atoms with Crippen molar-refractivity contribution >= 4 is 35.0 Å². The van der Waals surface area contributed by atoms with E-state index in [4.69, 9.17) is 21.1 Å². The second kappa shape index (κ2) is 9.84. The van der Waals surface area contributed by atoms with Gasteiger partial charge in [-0.05, 0) is 31.5 Å². The summed E-state index contributed by atoms with van der Waals surface area (Å²) in [7, 11) is 2.91. The Balaban J connectivity index is 2.19. The molecular weight excluding hydrogens is 372 g/mol. The molecule has 9 heteroatoms. The van der Waals surface area contributed by atoms with Crippen LogP contribution in [-0.4, -0.2) is 49.2 Å². The maximum absolute atomic E-state index is 12.3. The van der Waals surface area contributed by atoms with Crippen LogP contribution in [0.5, 0.6) is 0 Å². The summed E-state index contributed by atoms with van der Waals surface area (Å²) in [5, 5.41) is 6.18. The maximum atomic E-state index is 12.3. The number of benzene rings is 1. The number of nitrogens with zero attached hydrogens (tertiary/aromatic N) is 2. The van der Waals surface area contributed by atoms with Crippen LogP contribution in [-0.2, 0) is 9.47 Å². The zero-order valence-corrected chi connectivity index (χ0v) is 16.1. The first-order valence-electron chi connectivity index (χ1n) is 8.22. The molecule has 27 heavy (non-hydrogen) atoms. The Morgan fingerprint density at radius 2 is 1.96 bits per heavy atom. The van der Waals surface area contributed by atoms with Crippen molar-refractivity contribution in [2.75, 3.05) is 32.7 Å². The molecule has 1 amide bonds. The highest BCUT2D eigenvalue weighted by molar-refractivity contribution is 6.33. The lowest BCUT2D eigenvalue weighted by Crippen LogP contribution is -2.26. The molecule has 1 aromatic carbocycles. The van der Waals surface area contributed by atoms with Gasteiger partial charge in [0.15, 0.2) is 0 Å². The molecule has 1 heterocycles. The molecule has 0 unspecified atom stereocenters. The van der Waals surface area contributed by atoms with Crippen molar-refractivity contribution in [3.8, 4) is 0 Å². The van der Waals surface area contributed by atoms with Crippen molar-refractivity contribution in [3.05, 3.63) is 46.4 Å². The van der Waals surface area contributed by atoms with Crippen molar-refractivity contribution in [2.24, 2.45) is 0 Å². The third-order valence-corrected chi connectivity index (χ3v) is 3.86. The van der Waals surface area contributed by atoms with Crippen LogP contribution >= 0.6 is 11.6 Å². The standard InChI is InChI=1S/C18H21ClN4O4/c1-11-21-15(17(24)20-7-4-8-26-2)10-16(22-11)23-14-9-12(18(25)27-3)5-6-13(14)19/h5-6,9-10H,4,7-8H2,1-3H3,(H,20,24)(H,21,22,23). The van der Waals surface area contributed by atoms with Crippen LogP contribution in [0.15, 0.2) is 24.3 Å². The fourth-order valence-corrected chi connectivity index (χ4v) is 2.43. The van der Waals surface area contributed by atoms with E-state index < -0.39 is 5.97 Å². The predicted molar refractivity (Wildman–Crippen MR) is 102 cm³/mol. The number of amides is 1. The summed E-state index contributed by atoms with van der Waals surface area (Å²) in [5.41, 5.74) is 1.03. The van der Waals surface area contributed by atoms with Gasteiger partial charge in [0.25, 0.3) is 5.91 Å². The first-order chi connectivity index (χ1) is 12.9. The Labute approximate surface area is 162 Å². The molecule has 0 aliphatic carbocycles. The number of esters is 1. The van der Waals surface area contributed by atoms with Crippen LogP contribution in [0.3, 0.4) is 0 Å². The molecule has 0 bridgehead atoms. The molecule has 0 saturated carbocycles. The highest BCUT2D eigenvalue weighted by Crippen LogP contribution is 2.26. The van der Waals surface area contributed by atoms with Crippen LogP contribution < -0.4 is 10.6 Å². The Bertz CT molecular complexity index is 829. The summed E-state index contributed by atoms with van der Waals surface area (Å²) < 4.78 is 9.66. The monoisotopic (exact) mass is 392 g/mol. The molecular formula is C18H21ClN4O4. The lowest BCUT2D eigenvalue weighted by atomic mass is 10.2. The molecule has 0 atom stereocenters. The number of nitrogens with one attached hydrogen (secondary N) is 2. The molecule has 0 aliphatic heterocycles. The minimum atomic E-state index is -0.482. The fraction of sp³-hybridized carbons (Fsp3) is 0.333. The number of hydrogen-bond acceptors (Lipinski definition) is 7. The normalized spacial score (nSPS) is 10.4. The van der Waals surface area contributed by atoms with Crippen molar-refractivity contribution < 1.29 is 19.1 Å². The first kappa shape index (κ1) is 20.6. The second-order valence-corrected chi connectivity index (χ2v) is 6.01. The van der Waals surface area contributed by atoms with Gasteiger partial charge in [0, 0.05) is 26.3 Å². The molecule has 8 nitrogen and oxygen atoms in total. The molecule has 0 radical (unpaired) electrons. The van der Waals surface area contributed by atoms with E-state index >= 15 is 0 Å². The number of rotatable bonds is 8. The van der Waals surface area contributed by atoms with Gasteiger partial charge in [-0.25, -0.2) is 14.8 Å². The molecule has 2 N–H and O–H groups in total. The van der Waals surface area contributed by atoms with E-state index in [1.807, 2.05) is 0 Å². The average Bonchev–Trinajstić information content (AvgIpc) is 2.65. The molecule has 0 saturated heterocycles. The van der Waals surface area contributed by atoms with Crippen molar-refractivity contribution in [3.63, 3.8) is 0 Å². The van der Waals surface area contributed by atoms with Gasteiger partial charge in [-0.3, -0.25) is 4.79 Å². The van der Waals surface area contributed by atoms with Gasteiger partial charge >= 0.3 is 5.97 Å². The highest BCUT2D eigenvalue weighted by Gasteiger charge is 2.13. The summed E-state index contributed by atoms with van der Waals surface area (Å²) in [6.45, 7) is 2.72. The van der Waals surface area contributed by atoms with E-state index in [-0.39, 0.29) is 11.6 Å². The van der Waals surface area contributed by atoms with Gasteiger partial charge in [0.1, 0.15) is 17.3 Å². The number of carbonyl (C=O) groups excluding carboxylic acids is 2. The number of methoxy groups -OCH3 is 2. The van der Waals surface area contributed by atoms with Gasteiger partial charge in [-0.15, -0.1) is 0 Å². The zero-order chi connectivity index (χ0) is 19.8. The summed E-state index contributed by atoms with van der Waals surface area (Å²) >= 11 is 6.19. The molecule has 0 spiro atoms. The fourth-order valence-electron chi connectivity index (χ4n) is 2.26. The van der Waals surface area contributed by atoms with E-state index in [0.717, 1.165) is 0 Å². The number of anilines is 2. The number of aryl methyl sites for hydroxylation is 1. The average molecular weight is 393 g/mol. The maximum Gasteiger partial charge on any atom is 0.337 e. The van der Waals surface area contributed by atoms with Crippen LogP contribution in [0, 0.1) is 6.92 Å². The van der Waals surface area contributed by atoms with Crippen LogP contribution in [0.1, 0.15) is 33.1 Å². The largest absolute Gasteiger partial charge is 0.465 e. The minimum Gasteiger partial charge on any atom is -0.465 e.